The van der Waals surface area contributed by atoms with Crippen LogP contribution in [-0.2, 0) is 7.05 Å². The first kappa shape index (κ1) is 12.2. The zero-order valence-electron chi connectivity index (χ0n) is 10.5. The van der Waals surface area contributed by atoms with Gasteiger partial charge in [-0.05, 0) is 36.4 Å². The molecule has 0 bridgehead atoms. The lowest BCUT2D eigenvalue weighted by Crippen LogP contribution is -2.28. The third kappa shape index (κ3) is 2.61. The molecule has 3 aromatic rings. The molecule has 0 N–H and O–H groups in total. The first-order valence-corrected chi connectivity index (χ1v) is 6.86. The summed E-state index contributed by atoms with van der Waals surface area (Å²) in [7, 11) is 2.04. The summed E-state index contributed by atoms with van der Waals surface area (Å²) in [6.45, 7) is 0. The van der Waals surface area contributed by atoms with Crippen molar-refractivity contribution >= 4 is 22.7 Å². The van der Waals surface area contributed by atoms with Crippen molar-refractivity contribution in [1.82, 2.24) is 0 Å². The van der Waals surface area contributed by atoms with Crippen molar-refractivity contribution in [2.45, 2.75) is 9.79 Å². The van der Waals surface area contributed by atoms with E-state index in [4.69, 9.17) is 0 Å². The first-order valence-electron chi connectivity index (χ1n) is 6.04. The van der Waals surface area contributed by atoms with Crippen LogP contribution in [0.3, 0.4) is 0 Å². The van der Waals surface area contributed by atoms with Gasteiger partial charge in [0.15, 0.2) is 6.20 Å². The molecule has 0 unspecified atom stereocenters. The maximum atomic E-state index is 12.9. The summed E-state index contributed by atoms with van der Waals surface area (Å²) < 4.78 is 15.0. The van der Waals surface area contributed by atoms with Crippen molar-refractivity contribution < 1.29 is 8.96 Å². The van der Waals surface area contributed by atoms with Crippen molar-refractivity contribution in [2.24, 2.45) is 7.05 Å². The normalized spacial score (nSPS) is 10.8. The smallest absolute Gasteiger partial charge is 0.207 e. The van der Waals surface area contributed by atoms with Crippen LogP contribution in [0.5, 0.6) is 0 Å². The molecular weight excluding hydrogens is 257 g/mol. The SMILES string of the molecule is C[n+]1cc(Sc2ccc(F)cc2)cc2ccccc21. The van der Waals surface area contributed by atoms with E-state index < -0.39 is 0 Å². The lowest BCUT2D eigenvalue weighted by Gasteiger charge is -2.02. The number of hydrogen-bond donors (Lipinski definition) is 0. The number of rotatable bonds is 2. The van der Waals surface area contributed by atoms with Crippen LogP contribution >= 0.6 is 11.8 Å². The monoisotopic (exact) mass is 270 g/mol. The van der Waals surface area contributed by atoms with Gasteiger partial charge < -0.3 is 0 Å². The van der Waals surface area contributed by atoms with Crippen LogP contribution in [0.15, 0.2) is 70.6 Å². The Labute approximate surface area is 115 Å². The fraction of sp³-hybridized carbons (Fsp3) is 0.0625. The second kappa shape index (κ2) is 5.02. The predicted molar refractivity (Wildman–Crippen MR) is 75.6 cm³/mol. The minimum atomic E-state index is -0.201. The van der Waals surface area contributed by atoms with Crippen molar-refractivity contribution in [2.75, 3.05) is 0 Å². The third-order valence-electron chi connectivity index (χ3n) is 2.98. The molecule has 19 heavy (non-hydrogen) atoms. The summed E-state index contributed by atoms with van der Waals surface area (Å²) in [5, 5.41) is 1.21. The van der Waals surface area contributed by atoms with E-state index in [2.05, 4.69) is 29.0 Å². The van der Waals surface area contributed by atoms with E-state index in [-0.39, 0.29) is 5.82 Å². The molecule has 0 atom stereocenters. The van der Waals surface area contributed by atoms with Crippen LogP contribution < -0.4 is 4.57 Å². The van der Waals surface area contributed by atoms with Gasteiger partial charge >= 0.3 is 0 Å². The first-order chi connectivity index (χ1) is 9.22. The van der Waals surface area contributed by atoms with Crippen LogP contribution in [0.4, 0.5) is 4.39 Å². The molecule has 0 radical (unpaired) electrons. The molecule has 0 saturated carbocycles. The van der Waals surface area contributed by atoms with Gasteiger partial charge in [-0.3, -0.25) is 0 Å². The topological polar surface area (TPSA) is 3.88 Å². The zero-order valence-corrected chi connectivity index (χ0v) is 11.3. The second-order valence-corrected chi connectivity index (χ2v) is 5.55. The van der Waals surface area contributed by atoms with Crippen LogP contribution in [0, 0.1) is 5.82 Å². The highest BCUT2D eigenvalue weighted by Crippen LogP contribution is 2.28. The van der Waals surface area contributed by atoms with Crippen molar-refractivity contribution in [3.63, 3.8) is 0 Å². The largest absolute Gasteiger partial charge is 0.212 e. The molecule has 0 amide bonds. The molecule has 3 heteroatoms. The molecule has 0 aliphatic heterocycles. The number of fused-ring (bicyclic) bond motifs is 1. The minimum Gasteiger partial charge on any atom is -0.207 e. The van der Waals surface area contributed by atoms with E-state index >= 15 is 0 Å². The van der Waals surface area contributed by atoms with Gasteiger partial charge in [0, 0.05) is 16.3 Å². The van der Waals surface area contributed by atoms with Crippen LogP contribution in [0.25, 0.3) is 10.9 Å². The van der Waals surface area contributed by atoms with Gasteiger partial charge in [-0.15, -0.1) is 0 Å². The number of pyridine rings is 1. The highest BCUT2D eigenvalue weighted by molar-refractivity contribution is 7.99. The fourth-order valence-electron chi connectivity index (χ4n) is 2.08. The van der Waals surface area contributed by atoms with E-state index in [1.54, 1.807) is 23.9 Å². The number of hydrogen-bond acceptors (Lipinski definition) is 1. The van der Waals surface area contributed by atoms with Crippen molar-refractivity contribution in [3.05, 3.63) is 66.6 Å². The Morgan fingerprint density at radius 1 is 0.947 bits per heavy atom. The zero-order chi connectivity index (χ0) is 13.2. The van der Waals surface area contributed by atoms with Gasteiger partial charge in [0.1, 0.15) is 12.9 Å². The molecule has 2 aromatic carbocycles. The molecule has 3 rings (SSSR count). The molecular formula is C16H13FNS+. The van der Waals surface area contributed by atoms with E-state index in [9.17, 15) is 4.39 Å². The predicted octanol–water partition coefficient (Wildman–Crippen LogP) is 3.95. The Kier molecular flexibility index (Phi) is 3.22. The lowest BCUT2D eigenvalue weighted by molar-refractivity contribution is -0.646. The summed E-state index contributed by atoms with van der Waals surface area (Å²) >= 11 is 1.64. The van der Waals surface area contributed by atoms with Crippen LogP contribution in [0.1, 0.15) is 0 Å². The molecule has 0 spiro atoms. The Hall–Kier alpha value is -1.87. The van der Waals surface area contributed by atoms with Gasteiger partial charge in [-0.2, -0.15) is 4.57 Å². The number of para-hydroxylation sites is 1. The van der Waals surface area contributed by atoms with E-state index in [1.807, 2.05) is 19.2 Å². The molecule has 0 aliphatic carbocycles. The van der Waals surface area contributed by atoms with Gasteiger partial charge in [0.05, 0.1) is 4.90 Å². The van der Waals surface area contributed by atoms with Crippen molar-refractivity contribution in [1.29, 1.82) is 0 Å². The molecule has 1 nitrogen and oxygen atoms in total. The quantitative estimate of drug-likeness (QED) is 0.638. The summed E-state index contributed by atoms with van der Waals surface area (Å²) in [6.07, 6.45) is 2.09. The van der Waals surface area contributed by atoms with Crippen molar-refractivity contribution in [3.8, 4) is 0 Å². The number of aromatic nitrogens is 1. The maximum Gasteiger partial charge on any atom is 0.212 e. The van der Waals surface area contributed by atoms with Gasteiger partial charge in [0.25, 0.3) is 0 Å². The number of nitrogens with zero attached hydrogens (tertiary/aromatic N) is 1. The fourth-order valence-corrected chi connectivity index (χ4v) is 3.02. The standard InChI is InChI=1S/C16H13FNS/c1-18-11-15(10-12-4-2-3-5-16(12)18)19-14-8-6-13(17)7-9-14/h2-11H,1H3/q+1. The third-order valence-corrected chi connectivity index (χ3v) is 3.95. The summed E-state index contributed by atoms with van der Waals surface area (Å²) in [5.74, 6) is -0.201. The molecule has 1 heterocycles. The molecule has 0 fully saturated rings. The number of halogens is 1. The van der Waals surface area contributed by atoms with Gasteiger partial charge in [-0.25, -0.2) is 4.39 Å². The molecule has 0 aliphatic rings. The molecule has 94 valence electrons. The summed E-state index contributed by atoms with van der Waals surface area (Å²) in [6, 6.07) is 17.0. The lowest BCUT2D eigenvalue weighted by atomic mass is 10.2. The maximum absolute atomic E-state index is 12.9. The molecule has 0 saturated heterocycles. The minimum absolute atomic E-state index is 0.201. The Morgan fingerprint density at radius 3 is 2.47 bits per heavy atom. The van der Waals surface area contributed by atoms with Gasteiger partial charge in [0.2, 0.25) is 5.52 Å². The van der Waals surface area contributed by atoms with E-state index in [0.717, 1.165) is 9.79 Å². The highest BCUT2D eigenvalue weighted by Gasteiger charge is 2.08. The Morgan fingerprint density at radius 2 is 1.68 bits per heavy atom. The number of aryl methyl sites for hydroxylation is 1. The number of benzene rings is 2. The highest BCUT2D eigenvalue weighted by atomic mass is 32.2. The average Bonchev–Trinajstić information content (AvgIpc) is 2.42. The summed E-state index contributed by atoms with van der Waals surface area (Å²) in [5.41, 5.74) is 1.20. The Bertz CT molecular complexity index is 722. The van der Waals surface area contributed by atoms with E-state index in [0.29, 0.717) is 0 Å². The van der Waals surface area contributed by atoms with Gasteiger partial charge in [-0.1, -0.05) is 23.9 Å². The van der Waals surface area contributed by atoms with Crippen LogP contribution in [0.2, 0.25) is 0 Å². The van der Waals surface area contributed by atoms with E-state index in [1.165, 1.54) is 23.0 Å². The molecule has 1 aromatic heterocycles. The average molecular weight is 270 g/mol. The second-order valence-electron chi connectivity index (χ2n) is 4.40. The Balaban J connectivity index is 1.99. The summed E-state index contributed by atoms with van der Waals surface area (Å²) in [4.78, 5) is 2.18. The van der Waals surface area contributed by atoms with Crippen LogP contribution in [-0.4, -0.2) is 0 Å².